The Bertz CT molecular complexity index is 494. The van der Waals surface area contributed by atoms with Crippen LogP contribution in [0.4, 0.5) is 5.82 Å². The van der Waals surface area contributed by atoms with Gasteiger partial charge in [0.05, 0.1) is 7.11 Å². The van der Waals surface area contributed by atoms with Crippen molar-refractivity contribution in [3.8, 4) is 0 Å². The second-order valence-electron chi connectivity index (χ2n) is 5.37. The number of carbonyl (C=O) groups is 2. The SMILES string of the molecule is COC(=O)[C@@H](Cc1cccc(N)n1)C(=O)OC(C)(C)C. The fourth-order valence-corrected chi connectivity index (χ4v) is 1.60. The van der Waals surface area contributed by atoms with Crippen LogP contribution in [0.3, 0.4) is 0 Å². The lowest BCUT2D eigenvalue weighted by molar-refractivity contribution is -0.168. The smallest absolute Gasteiger partial charge is 0.321 e. The van der Waals surface area contributed by atoms with Gasteiger partial charge in [0.1, 0.15) is 11.4 Å². The minimum Gasteiger partial charge on any atom is -0.468 e. The number of hydrogen-bond acceptors (Lipinski definition) is 6. The maximum absolute atomic E-state index is 12.1. The predicted molar refractivity (Wildman–Crippen MR) is 73.7 cm³/mol. The van der Waals surface area contributed by atoms with Gasteiger partial charge in [-0.1, -0.05) is 6.07 Å². The van der Waals surface area contributed by atoms with Crippen molar-refractivity contribution in [1.29, 1.82) is 0 Å². The molecule has 110 valence electrons. The number of hydrogen-bond donors (Lipinski definition) is 1. The zero-order valence-electron chi connectivity index (χ0n) is 12.2. The van der Waals surface area contributed by atoms with Crippen LogP contribution in [0.2, 0.25) is 0 Å². The van der Waals surface area contributed by atoms with E-state index in [-0.39, 0.29) is 6.42 Å². The summed E-state index contributed by atoms with van der Waals surface area (Å²) >= 11 is 0. The number of esters is 2. The third kappa shape index (κ3) is 4.87. The van der Waals surface area contributed by atoms with Crippen molar-refractivity contribution in [3.05, 3.63) is 23.9 Å². The van der Waals surface area contributed by atoms with Crippen LogP contribution in [0, 0.1) is 5.92 Å². The molecule has 0 spiro atoms. The normalized spacial score (nSPS) is 12.6. The Morgan fingerprint density at radius 1 is 1.30 bits per heavy atom. The van der Waals surface area contributed by atoms with Crippen molar-refractivity contribution < 1.29 is 19.1 Å². The molecular formula is C14H20N2O4. The van der Waals surface area contributed by atoms with Crippen LogP contribution in [0.15, 0.2) is 18.2 Å². The van der Waals surface area contributed by atoms with Gasteiger partial charge in [-0.25, -0.2) is 4.98 Å². The molecule has 0 aliphatic carbocycles. The van der Waals surface area contributed by atoms with E-state index in [1.807, 2.05) is 0 Å². The molecule has 6 nitrogen and oxygen atoms in total. The first-order valence-corrected chi connectivity index (χ1v) is 6.25. The van der Waals surface area contributed by atoms with E-state index in [0.29, 0.717) is 11.5 Å². The highest BCUT2D eigenvalue weighted by Crippen LogP contribution is 2.16. The van der Waals surface area contributed by atoms with E-state index < -0.39 is 23.5 Å². The van der Waals surface area contributed by atoms with Crippen molar-refractivity contribution >= 4 is 17.8 Å². The fourth-order valence-electron chi connectivity index (χ4n) is 1.60. The Labute approximate surface area is 118 Å². The van der Waals surface area contributed by atoms with Crippen molar-refractivity contribution in [2.45, 2.75) is 32.8 Å². The zero-order valence-corrected chi connectivity index (χ0v) is 12.2. The summed E-state index contributed by atoms with van der Waals surface area (Å²) in [5.41, 5.74) is 5.44. The van der Waals surface area contributed by atoms with Gasteiger partial charge in [-0.2, -0.15) is 0 Å². The third-order valence-electron chi connectivity index (χ3n) is 2.42. The number of pyridine rings is 1. The van der Waals surface area contributed by atoms with E-state index in [1.54, 1.807) is 39.0 Å². The van der Waals surface area contributed by atoms with E-state index >= 15 is 0 Å². The number of nitrogen functional groups attached to an aromatic ring is 1. The van der Waals surface area contributed by atoms with Crippen molar-refractivity contribution in [3.63, 3.8) is 0 Å². The number of anilines is 1. The van der Waals surface area contributed by atoms with E-state index in [4.69, 9.17) is 10.5 Å². The second kappa shape index (κ2) is 6.36. The van der Waals surface area contributed by atoms with Gasteiger partial charge in [-0.15, -0.1) is 0 Å². The summed E-state index contributed by atoms with van der Waals surface area (Å²) < 4.78 is 9.88. The summed E-state index contributed by atoms with van der Waals surface area (Å²) in [7, 11) is 1.23. The lowest BCUT2D eigenvalue weighted by atomic mass is 10.0. The molecule has 20 heavy (non-hydrogen) atoms. The summed E-state index contributed by atoms with van der Waals surface area (Å²) in [4.78, 5) is 27.9. The first-order chi connectivity index (χ1) is 9.23. The number of carbonyl (C=O) groups excluding carboxylic acids is 2. The number of methoxy groups -OCH3 is 1. The first kappa shape index (κ1) is 15.9. The number of aromatic nitrogens is 1. The zero-order chi connectivity index (χ0) is 15.3. The van der Waals surface area contributed by atoms with Crippen LogP contribution in [-0.4, -0.2) is 29.6 Å². The van der Waals surface area contributed by atoms with Crippen LogP contribution < -0.4 is 5.73 Å². The van der Waals surface area contributed by atoms with Crippen molar-refractivity contribution in [2.24, 2.45) is 5.92 Å². The largest absolute Gasteiger partial charge is 0.468 e. The Balaban J connectivity index is 2.90. The Morgan fingerprint density at radius 2 is 1.95 bits per heavy atom. The van der Waals surface area contributed by atoms with Gasteiger partial charge in [0, 0.05) is 12.1 Å². The maximum Gasteiger partial charge on any atom is 0.321 e. The van der Waals surface area contributed by atoms with E-state index in [2.05, 4.69) is 9.72 Å². The molecule has 0 amide bonds. The van der Waals surface area contributed by atoms with Gasteiger partial charge in [0.15, 0.2) is 5.92 Å². The molecule has 0 unspecified atom stereocenters. The minimum absolute atomic E-state index is 0.0899. The molecule has 0 radical (unpaired) electrons. The summed E-state index contributed by atoms with van der Waals surface area (Å²) in [5.74, 6) is -2.00. The molecule has 1 aromatic rings. The minimum atomic E-state index is -1.05. The summed E-state index contributed by atoms with van der Waals surface area (Å²) in [6.07, 6.45) is 0.0899. The first-order valence-electron chi connectivity index (χ1n) is 6.25. The molecule has 0 aromatic carbocycles. The summed E-state index contributed by atoms with van der Waals surface area (Å²) in [6.45, 7) is 5.20. The summed E-state index contributed by atoms with van der Waals surface area (Å²) in [5, 5.41) is 0. The van der Waals surface area contributed by atoms with Gasteiger partial charge >= 0.3 is 11.9 Å². The topological polar surface area (TPSA) is 91.5 Å². The lowest BCUT2D eigenvalue weighted by Crippen LogP contribution is -2.34. The molecule has 1 rings (SSSR count). The molecular weight excluding hydrogens is 260 g/mol. The van der Waals surface area contributed by atoms with Crippen molar-refractivity contribution in [2.75, 3.05) is 12.8 Å². The quantitative estimate of drug-likeness (QED) is 0.661. The number of nitrogens with zero attached hydrogens (tertiary/aromatic N) is 1. The molecule has 1 aromatic heterocycles. The maximum atomic E-state index is 12.1. The molecule has 1 heterocycles. The van der Waals surface area contributed by atoms with Crippen LogP contribution in [-0.2, 0) is 25.5 Å². The summed E-state index contributed by atoms with van der Waals surface area (Å²) in [6, 6.07) is 5.03. The van der Waals surface area contributed by atoms with Gasteiger partial charge in [-0.3, -0.25) is 9.59 Å². The van der Waals surface area contributed by atoms with Crippen LogP contribution >= 0.6 is 0 Å². The van der Waals surface area contributed by atoms with Crippen LogP contribution in [0.25, 0.3) is 0 Å². The molecule has 2 N–H and O–H groups in total. The monoisotopic (exact) mass is 280 g/mol. The Morgan fingerprint density at radius 3 is 2.45 bits per heavy atom. The molecule has 1 atom stereocenters. The average molecular weight is 280 g/mol. The molecule has 0 saturated carbocycles. The van der Waals surface area contributed by atoms with E-state index in [9.17, 15) is 9.59 Å². The Kier molecular flexibility index (Phi) is 5.07. The van der Waals surface area contributed by atoms with Crippen LogP contribution in [0.5, 0.6) is 0 Å². The molecule has 0 aliphatic heterocycles. The van der Waals surface area contributed by atoms with E-state index in [1.165, 1.54) is 7.11 Å². The molecule has 0 aliphatic rings. The molecule has 0 saturated heterocycles. The lowest BCUT2D eigenvalue weighted by Gasteiger charge is -2.22. The van der Waals surface area contributed by atoms with Gasteiger partial charge in [0.25, 0.3) is 0 Å². The highest BCUT2D eigenvalue weighted by Gasteiger charge is 2.32. The van der Waals surface area contributed by atoms with Gasteiger partial charge < -0.3 is 15.2 Å². The van der Waals surface area contributed by atoms with Crippen molar-refractivity contribution in [1.82, 2.24) is 4.98 Å². The third-order valence-corrected chi connectivity index (χ3v) is 2.42. The van der Waals surface area contributed by atoms with Gasteiger partial charge in [0.2, 0.25) is 0 Å². The second-order valence-corrected chi connectivity index (χ2v) is 5.37. The Hall–Kier alpha value is -2.11. The van der Waals surface area contributed by atoms with Gasteiger partial charge in [-0.05, 0) is 32.9 Å². The number of ether oxygens (including phenoxy) is 2. The fraction of sp³-hybridized carbons (Fsp3) is 0.500. The van der Waals surface area contributed by atoms with E-state index in [0.717, 1.165) is 0 Å². The van der Waals surface area contributed by atoms with Crippen LogP contribution in [0.1, 0.15) is 26.5 Å². The highest BCUT2D eigenvalue weighted by atomic mass is 16.6. The molecule has 0 fully saturated rings. The molecule has 6 heteroatoms. The average Bonchev–Trinajstić information content (AvgIpc) is 2.33. The predicted octanol–water partition coefficient (Wildman–Crippen LogP) is 1.34. The highest BCUT2D eigenvalue weighted by molar-refractivity contribution is 5.95. The number of nitrogens with two attached hydrogens (primary N) is 1. The standard InChI is InChI=1S/C14H20N2O4/c1-14(2,3)20-13(18)10(12(17)19-4)8-9-6-5-7-11(15)16-9/h5-7,10H,8H2,1-4H3,(H2,15,16)/t10-/m1/s1. The molecule has 0 bridgehead atoms. The number of rotatable bonds is 4.